The summed E-state index contributed by atoms with van der Waals surface area (Å²) in [7, 11) is 0. The first kappa shape index (κ1) is 13.5. The molecule has 0 bridgehead atoms. The predicted octanol–water partition coefficient (Wildman–Crippen LogP) is 1.72. The second kappa shape index (κ2) is 5.49. The van der Waals surface area contributed by atoms with Gasteiger partial charge in [-0.3, -0.25) is 9.59 Å². The van der Waals surface area contributed by atoms with E-state index in [1.54, 1.807) is 0 Å². The molecule has 1 aromatic heterocycles. The van der Waals surface area contributed by atoms with Crippen molar-refractivity contribution in [3.8, 4) is 0 Å². The largest absolute Gasteiger partial charge is 0.324 e. The van der Waals surface area contributed by atoms with Gasteiger partial charge in [0.05, 0.1) is 12.4 Å². The monoisotopic (exact) mass is 302 g/mol. The first-order chi connectivity index (χ1) is 10.1. The van der Waals surface area contributed by atoms with Crippen molar-refractivity contribution in [1.82, 2.24) is 14.9 Å². The standard InChI is InChI=1S/C14H11ClN4O2/c15-12-6-16-11(5-17-12)14(21)19-7-9-3-1-2-4-10(9)18-13(20)8-19/h1-6H,7-8H2,(H,18,20). The Kier molecular flexibility index (Phi) is 3.53. The van der Waals surface area contributed by atoms with E-state index >= 15 is 0 Å². The number of fused-ring (bicyclic) bond motifs is 1. The minimum absolute atomic E-state index is 0.0299. The first-order valence-electron chi connectivity index (χ1n) is 6.28. The summed E-state index contributed by atoms with van der Waals surface area (Å²) in [5.41, 5.74) is 1.75. The molecule has 0 radical (unpaired) electrons. The van der Waals surface area contributed by atoms with E-state index in [4.69, 9.17) is 11.6 Å². The molecule has 0 saturated carbocycles. The molecule has 0 fully saturated rings. The van der Waals surface area contributed by atoms with Gasteiger partial charge in [0.2, 0.25) is 5.91 Å². The Hall–Kier alpha value is -2.47. The average molecular weight is 303 g/mol. The highest BCUT2D eigenvalue weighted by Gasteiger charge is 2.24. The summed E-state index contributed by atoms with van der Waals surface area (Å²) in [4.78, 5) is 33.5. The van der Waals surface area contributed by atoms with E-state index in [1.165, 1.54) is 17.3 Å². The summed E-state index contributed by atoms with van der Waals surface area (Å²) < 4.78 is 0. The van der Waals surface area contributed by atoms with Crippen molar-refractivity contribution in [3.63, 3.8) is 0 Å². The van der Waals surface area contributed by atoms with Crippen molar-refractivity contribution >= 4 is 29.1 Å². The Bertz CT molecular complexity index is 702. The number of aromatic nitrogens is 2. The molecule has 7 heteroatoms. The molecule has 1 aliphatic rings. The topological polar surface area (TPSA) is 75.2 Å². The van der Waals surface area contributed by atoms with E-state index in [2.05, 4.69) is 15.3 Å². The molecule has 2 amide bonds. The number of benzene rings is 1. The Morgan fingerprint density at radius 3 is 2.76 bits per heavy atom. The number of amides is 2. The van der Waals surface area contributed by atoms with Crippen LogP contribution in [0.1, 0.15) is 16.1 Å². The second-order valence-corrected chi connectivity index (χ2v) is 4.98. The van der Waals surface area contributed by atoms with E-state index in [-0.39, 0.29) is 29.2 Å². The first-order valence-corrected chi connectivity index (χ1v) is 6.66. The average Bonchev–Trinajstić information content (AvgIpc) is 2.65. The quantitative estimate of drug-likeness (QED) is 0.870. The molecule has 2 aromatic rings. The van der Waals surface area contributed by atoms with Gasteiger partial charge in [-0.1, -0.05) is 29.8 Å². The molecular weight excluding hydrogens is 292 g/mol. The summed E-state index contributed by atoms with van der Waals surface area (Å²) in [6.07, 6.45) is 2.61. The van der Waals surface area contributed by atoms with Crippen LogP contribution in [0.2, 0.25) is 5.15 Å². The SMILES string of the molecule is O=C1CN(C(=O)c2cnc(Cl)cn2)Cc2ccccc2N1. The maximum atomic E-state index is 12.4. The highest BCUT2D eigenvalue weighted by atomic mass is 35.5. The fourth-order valence-corrected chi connectivity index (χ4v) is 2.23. The lowest BCUT2D eigenvalue weighted by Gasteiger charge is -2.18. The molecular formula is C14H11ClN4O2. The maximum Gasteiger partial charge on any atom is 0.274 e. The Balaban J connectivity index is 1.90. The molecule has 6 nitrogen and oxygen atoms in total. The van der Waals surface area contributed by atoms with E-state index in [0.29, 0.717) is 6.54 Å². The summed E-state index contributed by atoms with van der Waals surface area (Å²) >= 11 is 5.66. The number of para-hydroxylation sites is 1. The number of carbonyl (C=O) groups excluding carboxylic acids is 2. The number of anilines is 1. The zero-order valence-electron chi connectivity index (χ0n) is 10.9. The number of rotatable bonds is 1. The fourth-order valence-electron chi connectivity index (χ4n) is 2.13. The van der Waals surface area contributed by atoms with Gasteiger partial charge >= 0.3 is 0 Å². The van der Waals surface area contributed by atoms with Crippen molar-refractivity contribution < 1.29 is 9.59 Å². The normalized spacial score (nSPS) is 14.1. The molecule has 0 saturated heterocycles. The van der Waals surface area contributed by atoms with Crippen LogP contribution in [0.25, 0.3) is 0 Å². The highest BCUT2D eigenvalue weighted by Crippen LogP contribution is 2.21. The molecule has 0 atom stereocenters. The van der Waals surface area contributed by atoms with Crippen LogP contribution in [-0.4, -0.2) is 33.2 Å². The molecule has 0 unspecified atom stereocenters. The van der Waals surface area contributed by atoms with Crippen molar-refractivity contribution in [3.05, 3.63) is 53.1 Å². The summed E-state index contributed by atoms with van der Waals surface area (Å²) in [5.74, 6) is -0.596. The minimum atomic E-state index is -0.356. The second-order valence-electron chi connectivity index (χ2n) is 4.59. The smallest absolute Gasteiger partial charge is 0.274 e. The van der Waals surface area contributed by atoms with Crippen LogP contribution in [0, 0.1) is 0 Å². The van der Waals surface area contributed by atoms with Crippen molar-refractivity contribution in [2.75, 3.05) is 11.9 Å². The van der Waals surface area contributed by atoms with E-state index in [1.807, 2.05) is 24.3 Å². The van der Waals surface area contributed by atoms with Crippen LogP contribution >= 0.6 is 11.6 Å². The van der Waals surface area contributed by atoms with Crippen LogP contribution in [0.15, 0.2) is 36.7 Å². The Morgan fingerprint density at radius 1 is 1.19 bits per heavy atom. The predicted molar refractivity (Wildman–Crippen MR) is 76.9 cm³/mol. The fraction of sp³-hybridized carbons (Fsp3) is 0.143. The lowest BCUT2D eigenvalue weighted by atomic mass is 10.1. The van der Waals surface area contributed by atoms with Crippen LogP contribution < -0.4 is 5.32 Å². The maximum absolute atomic E-state index is 12.4. The van der Waals surface area contributed by atoms with Gasteiger partial charge in [-0.05, 0) is 11.6 Å². The number of nitrogens with one attached hydrogen (secondary N) is 1. The summed E-state index contributed by atoms with van der Waals surface area (Å²) in [5, 5.41) is 2.99. The molecule has 0 aliphatic carbocycles. The Morgan fingerprint density at radius 2 is 2.00 bits per heavy atom. The van der Waals surface area contributed by atoms with E-state index < -0.39 is 0 Å². The molecule has 3 rings (SSSR count). The summed E-state index contributed by atoms with van der Waals surface area (Å²) in [6, 6.07) is 7.38. The van der Waals surface area contributed by atoms with Gasteiger partial charge in [-0.2, -0.15) is 0 Å². The summed E-state index contributed by atoms with van der Waals surface area (Å²) in [6.45, 7) is 0.301. The van der Waals surface area contributed by atoms with Crippen LogP contribution in [-0.2, 0) is 11.3 Å². The number of hydrogen-bond acceptors (Lipinski definition) is 4. The molecule has 2 heterocycles. The lowest BCUT2D eigenvalue weighted by Crippen LogP contribution is -2.35. The molecule has 1 aromatic carbocycles. The zero-order chi connectivity index (χ0) is 14.8. The van der Waals surface area contributed by atoms with Gasteiger partial charge in [-0.15, -0.1) is 0 Å². The number of carbonyl (C=O) groups is 2. The third kappa shape index (κ3) is 2.85. The van der Waals surface area contributed by atoms with Gasteiger partial charge in [0.25, 0.3) is 5.91 Å². The third-order valence-corrected chi connectivity index (χ3v) is 3.31. The van der Waals surface area contributed by atoms with Gasteiger partial charge in [0, 0.05) is 12.2 Å². The molecule has 21 heavy (non-hydrogen) atoms. The van der Waals surface area contributed by atoms with E-state index in [9.17, 15) is 9.59 Å². The van der Waals surface area contributed by atoms with E-state index in [0.717, 1.165) is 11.3 Å². The zero-order valence-corrected chi connectivity index (χ0v) is 11.7. The number of hydrogen-bond donors (Lipinski definition) is 1. The lowest BCUT2D eigenvalue weighted by molar-refractivity contribution is -0.116. The van der Waals surface area contributed by atoms with Crippen LogP contribution in [0.4, 0.5) is 5.69 Å². The van der Waals surface area contributed by atoms with Gasteiger partial charge in [0.1, 0.15) is 17.4 Å². The van der Waals surface area contributed by atoms with Crippen molar-refractivity contribution in [2.24, 2.45) is 0 Å². The number of halogens is 1. The van der Waals surface area contributed by atoms with Gasteiger partial charge in [0.15, 0.2) is 0 Å². The van der Waals surface area contributed by atoms with Crippen molar-refractivity contribution in [2.45, 2.75) is 6.54 Å². The van der Waals surface area contributed by atoms with Crippen LogP contribution in [0.5, 0.6) is 0 Å². The molecule has 1 aliphatic heterocycles. The highest BCUT2D eigenvalue weighted by molar-refractivity contribution is 6.29. The molecule has 1 N–H and O–H groups in total. The number of nitrogens with zero attached hydrogens (tertiary/aromatic N) is 3. The Labute approximate surface area is 125 Å². The van der Waals surface area contributed by atoms with Gasteiger partial charge in [-0.25, -0.2) is 9.97 Å². The van der Waals surface area contributed by atoms with Crippen molar-refractivity contribution in [1.29, 1.82) is 0 Å². The molecule has 106 valence electrons. The minimum Gasteiger partial charge on any atom is -0.324 e. The van der Waals surface area contributed by atoms with Crippen LogP contribution in [0.3, 0.4) is 0 Å². The third-order valence-electron chi connectivity index (χ3n) is 3.11. The molecule has 0 spiro atoms. The van der Waals surface area contributed by atoms with Gasteiger partial charge < -0.3 is 10.2 Å².